The number of hydrogen-bond acceptors (Lipinski definition) is 4. The zero-order valence-corrected chi connectivity index (χ0v) is 11.2. The molecule has 0 atom stereocenters. The lowest BCUT2D eigenvalue weighted by atomic mass is 10.1. The zero-order chi connectivity index (χ0) is 14.1. The van der Waals surface area contributed by atoms with Crippen LogP contribution in [-0.2, 0) is 17.8 Å². The van der Waals surface area contributed by atoms with Gasteiger partial charge in [0.15, 0.2) is 0 Å². The Morgan fingerprint density at radius 1 is 1.45 bits per heavy atom. The first-order chi connectivity index (χ1) is 9.63. The van der Waals surface area contributed by atoms with Gasteiger partial charge in [0.25, 0.3) is 0 Å². The lowest BCUT2D eigenvalue weighted by Gasteiger charge is -2.12. The van der Waals surface area contributed by atoms with Crippen molar-refractivity contribution in [3.8, 4) is 0 Å². The van der Waals surface area contributed by atoms with Crippen molar-refractivity contribution in [1.82, 2.24) is 4.98 Å². The summed E-state index contributed by atoms with van der Waals surface area (Å²) in [4.78, 5) is 15.4. The standard InChI is InChI=1S/C15H16N4O/c1-9-7-17-3-2-10(9)8-18-14-6-13-11(4-12(14)16)5-15(20)19-13/h2-4,6-7,18H,5,8,16H2,1H3,(H,19,20). The van der Waals surface area contributed by atoms with Crippen molar-refractivity contribution in [3.05, 3.63) is 47.3 Å². The van der Waals surface area contributed by atoms with Gasteiger partial charge in [-0.25, -0.2) is 0 Å². The number of nitrogens with two attached hydrogens (primary N) is 1. The SMILES string of the molecule is Cc1cnccc1CNc1cc2c(cc1N)CC(=O)N2. The molecule has 2 aromatic rings. The fourth-order valence-corrected chi connectivity index (χ4v) is 2.34. The second kappa shape index (κ2) is 4.85. The van der Waals surface area contributed by atoms with Crippen LogP contribution in [0, 0.1) is 6.92 Å². The van der Waals surface area contributed by atoms with E-state index in [1.165, 1.54) is 5.56 Å². The number of nitrogens with one attached hydrogen (secondary N) is 2. The molecule has 4 N–H and O–H groups in total. The molecule has 5 heteroatoms. The Morgan fingerprint density at radius 3 is 3.10 bits per heavy atom. The van der Waals surface area contributed by atoms with E-state index in [1.807, 2.05) is 31.3 Å². The number of aromatic nitrogens is 1. The quantitative estimate of drug-likeness (QED) is 0.745. The van der Waals surface area contributed by atoms with Gasteiger partial charge >= 0.3 is 0 Å². The highest BCUT2D eigenvalue weighted by atomic mass is 16.1. The Balaban J connectivity index is 1.80. The average molecular weight is 268 g/mol. The fourth-order valence-electron chi connectivity index (χ4n) is 2.34. The van der Waals surface area contributed by atoms with Crippen molar-refractivity contribution in [2.45, 2.75) is 19.9 Å². The molecule has 1 aromatic carbocycles. The van der Waals surface area contributed by atoms with E-state index in [-0.39, 0.29) is 5.91 Å². The van der Waals surface area contributed by atoms with Crippen LogP contribution in [0.15, 0.2) is 30.6 Å². The summed E-state index contributed by atoms with van der Waals surface area (Å²) in [6.07, 6.45) is 4.02. The topological polar surface area (TPSA) is 80.0 Å². The molecule has 0 saturated carbocycles. The Kier molecular flexibility index (Phi) is 3.02. The molecule has 1 aliphatic heterocycles. The minimum Gasteiger partial charge on any atom is -0.397 e. The second-order valence-corrected chi connectivity index (χ2v) is 4.98. The summed E-state index contributed by atoms with van der Waals surface area (Å²) in [5, 5.41) is 6.14. The summed E-state index contributed by atoms with van der Waals surface area (Å²) in [7, 11) is 0. The van der Waals surface area contributed by atoms with Gasteiger partial charge in [-0.3, -0.25) is 9.78 Å². The Hall–Kier alpha value is -2.56. The number of hydrogen-bond donors (Lipinski definition) is 3. The molecule has 0 saturated heterocycles. The third kappa shape index (κ3) is 2.30. The maximum atomic E-state index is 11.4. The monoisotopic (exact) mass is 268 g/mol. The van der Waals surface area contributed by atoms with E-state index in [9.17, 15) is 4.79 Å². The number of rotatable bonds is 3. The second-order valence-electron chi connectivity index (χ2n) is 4.98. The number of carbonyl (C=O) groups is 1. The van der Waals surface area contributed by atoms with E-state index >= 15 is 0 Å². The van der Waals surface area contributed by atoms with Crippen molar-refractivity contribution < 1.29 is 4.79 Å². The molecule has 1 amide bonds. The first-order valence-electron chi connectivity index (χ1n) is 6.49. The van der Waals surface area contributed by atoms with Gasteiger partial charge in [-0.2, -0.15) is 0 Å². The van der Waals surface area contributed by atoms with Crippen LogP contribution in [0.2, 0.25) is 0 Å². The normalized spacial score (nSPS) is 12.9. The summed E-state index contributed by atoms with van der Waals surface area (Å²) >= 11 is 0. The predicted molar refractivity (Wildman–Crippen MR) is 79.5 cm³/mol. The number of fused-ring (bicyclic) bond motifs is 1. The molecule has 0 spiro atoms. The van der Waals surface area contributed by atoms with Crippen LogP contribution in [0.3, 0.4) is 0 Å². The van der Waals surface area contributed by atoms with Crippen molar-refractivity contribution in [3.63, 3.8) is 0 Å². The van der Waals surface area contributed by atoms with E-state index in [0.29, 0.717) is 18.7 Å². The number of pyridine rings is 1. The molecule has 2 heterocycles. The number of carbonyl (C=O) groups excluding carboxylic acids is 1. The Morgan fingerprint density at radius 2 is 2.30 bits per heavy atom. The summed E-state index contributed by atoms with van der Waals surface area (Å²) in [6.45, 7) is 2.70. The van der Waals surface area contributed by atoms with Gasteiger partial charge in [-0.15, -0.1) is 0 Å². The van der Waals surface area contributed by atoms with Gasteiger partial charge in [-0.1, -0.05) is 0 Å². The maximum Gasteiger partial charge on any atom is 0.228 e. The molecule has 3 rings (SSSR count). The highest BCUT2D eigenvalue weighted by Gasteiger charge is 2.19. The first-order valence-corrected chi connectivity index (χ1v) is 6.49. The van der Waals surface area contributed by atoms with E-state index in [1.54, 1.807) is 6.20 Å². The van der Waals surface area contributed by atoms with Crippen LogP contribution in [-0.4, -0.2) is 10.9 Å². The van der Waals surface area contributed by atoms with E-state index in [2.05, 4.69) is 15.6 Å². The molecule has 5 nitrogen and oxygen atoms in total. The lowest BCUT2D eigenvalue weighted by molar-refractivity contribution is -0.115. The third-order valence-electron chi connectivity index (χ3n) is 3.51. The van der Waals surface area contributed by atoms with Crippen LogP contribution in [0.25, 0.3) is 0 Å². The van der Waals surface area contributed by atoms with E-state index in [0.717, 1.165) is 22.5 Å². The summed E-state index contributed by atoms with van der Waals surface area (Å²) in [5.41, 5.74) is 11.6. The summed E-state index contributed by atoms with van der Waals surface area (Å²) in [6, 6.07) is 5.73. The van der Waals surface area contributed by atoms with Crippen molar-refractivity contribution in [1.29, 1.82) is 0 Å². The first kappa shape index (κ1) is 12.5. The van der Waals surface area contributed by atoms with Crippen LogP contribution in [0.1, 0.15) is 16.7 Å². The van der Waals surface area contributed by atoms with Crippen LogP contribution >= 0.6 is 0 Å². The molecule has 0 aliphatic carbocycles. The van der Waals surface area contributed by atoms with Gasteiger partial charge < -0.3 is 16.4 Å². The van der Waals surface area contributed by atoms with Crippen LogP contribution in [0.5, 0.6) is 0 Å². The molecular weight excluding hydrogens is 252 g/mol. The molecule has 0 radical (unpaired) electrons. The molecule has 20 heavy (non-hydrogen) atoms. The lowest BCUT2D eigenvalue weighted by Crippen LogP contribution is -2.05. The van der Waals surface area contributed by atoms with Crippen LogP contribution in [0.4, 0.5) is 17.1 Å². The summed E-state index contributed by atoms with van der Waals surface area (Å²) < 4.78 is 0. The number of benzene rings is 1. The molecule has 102 valence electrons. The number of aryl methyl sites for hydroxylation is 1. The molecule has 1 aromatic heterocycles. The van der Waals surface area contributed by atoms with Gasteiger partial charge in [0, 0.05) is 24.6 Å². The minimum absolute atomic E-state index is 0.0153. The van der Waals surface area contributed by atoms with Gasteiger partial charge in [0.05, 0.1) is 17.8 Å². The zero-order valence-electron chi connectivity index (χ0n) is 11.2. The number of amides is 1. The fraction of sp³-hybridized carbons (Fsp3) is 0.200. The third-order valence-corrected chi connectivity index (χ3v) is 3.51. The minimum atomic E-state index is 0.0153. The Bertz CT molecular complexity index is 682. The maximum absolute atomic E-state index is 11.4. The largest absolute Gasteiger partial charge is 0.397 e. The molecule has 0 bridgehead atoms. The summed E-state index contributed by atoms with van der Waals surface area (Å²) in [5.74, 6) is 0.0153. The average Bonchev–Trinajstić information content (AvgIpc) is 2.76. The molecule has 1 aliphatic rings. The number of anilines is 3. The van der Waals surface area contributed by atoms with E-state index < -0.39 is 0 Å². The van der Waals surface area contributed by atoms with Gasteiger partial charge in [0.2, 0.25) is 5.91 Å². The van der Waals surface area contributed by atoms with Gasteiger partial charge in [0.1, 0.15) is 0 Å². The number of nitrogen functional groups attached to an aromatic ring is 1. The highest BCUT2D eigenvalue weighted by Crippen LogP contribution is 2.31. The van der Waals surface area contributed by atoms with Gasteiger partial charge in [-0.05, 0) is 41.8 Å². The predicted octanol–water partition coefficient (Wildman–Crippen LogP) is 2.08. The Labute approximate surface area is 117 Å². The highest BCUT2D eigenvalue weighted by molar-refractivity contribution is 6.00. The van der Waals surface area contributed by atoms with E-state index in [4.69, 9.17) is 5.73 Å². The smallest absolute Gasteiger partial charge is 0.228 e. The van der Waals surface area contributed by atoms with Crippen molar-refractivity contribution in [2.75, 3.05) is 16.4 Å². The molecule has 0 fully saturated rings. The molecular formula is C15H16N4O. The number of nitrogens with zero attached hydrogens (tertiary/aromatic N) is 1. The molecule has 0 unspecified atom stereocenters. The van der Waals surface area contributed by atoms with Crippen LogP contribution < -0.4 is 16.4 Å². The van der Waals surface area contributed by atoms with Crippen molar-refractivity contribution in [2.24, 2.45) is 0 Å². The van der Waals surface area contributed by atoms with Crippen molar-refractivity contribution >= 4 is 23.0 Å².